The number of carbonyl (C=O) groups is 1. The summed E-state index contributed by atoms with van der Waals surface area (Å²) in [5, 5.41) is 0. The van der Waals surface area contributed by atoms with E-state index in [0.717, 1.165) is 37.4 Å². The summed E-state index contributed by atoms with van der Waals surface area (Å²) in [5.74, 6) is 0.942. The van der Waals surface area contributed by atoms with E-state index in [-0.39, 0.29) is 11.5 Å². The van der Waals surface area contributed by atoms with Gasteiger partial charge in [-0.15, -0.1) is 0 Å². The van der Waals surface area contributed by atoms with Crippen molar-refractivity contribution in [1.82, 2.24) is 14.9 Å². The second kappa shape index (κ2) is 7.58. The quantitative estimate of drug-likeness (QED) is 0.835. The third-order valence-electron chi connectivity index (χ3n) is 4.70. The van der Waals surface area contributed by atoms with E-state index in [1.165, 1.54) is 0 Å². The third kappa shape index (κ3) is 5.31. The summed E-state index contributed by atoms with van der Waals surface area (Å²) in [6, 6.07) is 2.09. The van der Waals surface area contributed by atoms with Crippen molar-refractivity contribution in [2.45, 2.75) is 65.4 Å². The molecule has 1 aromatic heterocycles. The summed E-state index contributed by atoms with van der Waals surface area (Å²) < 4.78 is 5.49. The van der Waals surface area contributed by atoms with Crippen LogP contribution in [-0.2, 0) is 10.2 Å². The number of hydrogen-bond acceptors (Lipinski definition) is 5. The number of anilines is 1. The first-order chi connectivity index (χ1) is 11.6. The molecule has 0 radical (unpaired) electrons. The topological polar surface area (TPSA) is 58.6 Å². The van der Waals surface area contributed by atoms with Crippen molar-refractivity contribution in [3.63, 3.8) is 0 Å². The highest BCUT2D eigenvalue weighted by atomic mass is 16.6. The van der Waals surface area contributed by atoms with Gasteiger partial charge in [-0.3, -0.25) is 0 Å². The SMILES string of the molecule is CCC(C)(C)c1cc(N2CCCN(C(=O)OC(C)(C)C)CC2)ncn1. The zero-order valence-corrected chi connectivity index (χ0v) is 16.5. The van der Waals surface area contributed by atoms with Crippen molar-refractivity contribution in [3.8, 4) is 0 Å². The minimum absolute atomic E-state index is 0.0338. The van der Waals surface area contributed by atoms with Gasteiger partial charge in [-0.2, -0.15) is 0 Å². The van der Waals surface area contributed by atoms with Crippen LogP contribution in [0.4, 0.5) is 10.6 Å². The van der Waals surface area contributed by atoms with Crippen LogP contribution in [0.2, 0.25) is 0 Å². The smallest absolute Gasteiger partial charge is 0.410 e. The number of amides is 1. The van der Waals surface area contributed by atoms with E-state index in [2.05, 4.69) is 41.7 Å². The molecule has 1 aliphatic rings. The minimum Gasteiger partial charge on any atom is -0.444 e. The lowest BCUT2D eigenvalue weighted by atomic mass is 9.86. The Kier molecular flexibility index (Phi) is 5.91. The number of rotatable bonds is 3. The fraction of sp³-hybridized carbons (Fsp3) is 0.737. The Morgan fingerprint density at radius 1 is 1.12 bits per heavy atom. The van der Waals surface area contributed by atoms with Crippen molar-refractivity contribution < 1.29 is 9.53 Å². The van der Waals surface area contributed by atoms with Crippen LogP contribution in [0.25, 0.3) is 0 Å². The molecule has 1 aromatic rings. The van der Waals surface area contributed by atoms with Crippen molar-refractivity contribution in [3.05, 3.63) is 18.1 Å². The fourth-order valence-electron chi connectivity index (χ4n) is 2.73. The monoisotopic (exact) mass is 348 g/mol. The van der Waals surface area contributed by atoms with Crippen molar-refractivity contribution in [1.29, 1.82) is 0 Å². The van der Waals surface area contributed by atoms with E-state index in [4.69, 9.17) is 4.74 Å². The molecule has 2 rings (SSSR count). The summed E-state index contributed by atoms with van der Waals surface area (Å²) >= 11 is 0. The molecule has 25 heavy (non-hydrogen) atoms. The first-order valence-corrected chi connectivity index (χ1v) is 9.18. The summed E-state index contributed by atoms with van der Waals surface area (Å²) in [7, 11) is 0. The molecule has 1 fully saturated rings. The summed E-state index contributed by atoms with van der Waals surface area (Å²) in [6.07, 6.45) is 3.34. The molecule has 0 saturated carbocycles. The summed E-state index contributed by atoms with van der Waals surface area (Å²) in [5.41, 5.74) is 0.635. The molecule has 6 heteroatoms. The zero-order chi connectivity index (χ0) is 18.7. The molecule has 0 N–H and O–H groups in total. The Labute approximate surface area is 151 Å². The van der Waals surface area contributed by atoms with E-state index >= 15 is 0 Å². The lowest BCUT2D eigenvalue weighted by Gasteiger charge is -2.27. The molecule has 6 nitrogen and oxygen atoms in total. The molecule has 0 bridgehead atoms. The van der Waals surface area contributed by atoms with Crippen LogP contribution in [-0.4, -0.2) is 52.7 Å². The number of carbonyl (C=O) groups excluding carboxylic acids is 1. The second-order valence-electron chi connectivity index (χ2n) is 8.31. The van der Waals surface area contributed by atoms with E-state index in [9.17, 15) is 4.79 Å². The second-order valence-corrected chi connectivity index (χ2v) is 8.31. The van der Waals surface area contributed by atoms with Gasteiger partial charge in [0, 0.05) is 37.7 Å². The van der Waals surface area contributed by atoms with Gasteiger partial charge in [-0.05, 0) is 33.6 Å². The maximum Gasteiger partial charge on any atom is 0.410 e. The summed E-state index contributed by atoms with van der Waals surface area (Å²) in [4.78, 5) is 25.2. The molecule has 0 aromatic carbocycles. The van der Waals surface area contributed by atoms with Crippen molar-refractivity contribution >= 4 is 11.9 Å². The van der Waals surface area contributed by atoms with Crippen molar-refractivity contribution in [2.24, 2.45) is 0 Å². The Morgan fingerprint density at radius 3 is 2.48 bits per heavy atom. The van der Waals surface area contributed by atoms with Gasteiger partial charge < -0.3 is 14.5 Å². The predicted molar refractivity (Wildman–Crippen MR) is 100.0 cm³/mol. The zero-order valence-electron chi connectivity index (χ0n) is 16.5. The minimum atomic E-state index is -0.462. The standard InChI is InChI=1S/C19H32N4O2/c1-7-19(5,6)15-13-16(21-14-20-15)22-9-8-10-23(12-11-22)17(24)25-18(2,3)4/h13-14H,7-12H2,1-6H3. The maximum absolute atomic E-state index is 12.3. The fourth-order valence-corrected chi connectivity index (χ4v) is 2.73. The molecule has 1 saturated heterocycles. The highest BCUT2D eigenvalue weighted by Crippen LogP contribution is 2.27. The van der Waals surface area contributed by atoms with Crippen LogP contribution in [0.3, 0.4) is 0 Å². The summed E-state index contributed by atoms with van der Waals surface area (Å²) in [6.45, 7) is 15.2. The molecule has 0 aliphatic carbocycles. The van der Waals surface area contributed by atoms with Gasteiger partial charge in [0.25, 0.3) is 0 Å². The Balaban J connectivity index is 2.06. The number of ether oxygens (including phenoxy) is 1. The molecule has 140 valence electrons. The average molecular weight is 348 g/mol. The van der Waals surface area contributed by atoms with Crippen LogP contribution in [0, 0.1) is 0 Å². The number of nitrogens with zero attached hydrogens (tertiary/aromatic N) is 4. The molecule has 1 aliphatic heterocycles. The van der Waals surface area contributed by atoms with Gasteiger partial charge >= 0.3 is 6.09 Å². The van der Waals surface area contributed by atoms with E-state index in [1.54, 1.807) is 11.2 Å². The van der Waals surface area contributed by atoms with Gasteiger partial charge in [0.05, 0.1) is 5.69 Å². The van der Waals surface area contributed by atoms with Gasteiger partial charge in [-0.1, -0.05) is 20.8 Å². The van der Waals surface area contributed by atoms with E-state index < -0.39 is 5.60 Å². The van der Waals surface area contributed by atoms with Crippen LogP contribution in [0.15, 0.2) is 12.4 Å². The van der Waals surface area contributed by atoms with Gasteiger partial charge in [-0.25, -0.2) is 14.8 Å². The third-order valence-corrected chi connectivity index (χ3v) is 4.70. The molecular formula is C19H32N4O2. The van der Waals surface area contributed by atoms with Crippen LogP contribution >= 0.6 is 0 Å². The average Bonchev–Trinajstić information content (AvgIpc) is 2.79. The predicted octanol–water partition coefficient (Wildman–Crippen LogP) is 3.61. The lowest BCUT2D eigenvalue weighted by Crippen LogP contribution is -2.39. The first-order valence-electron chi connectivity index (χ1n) is 9.18. The molecule has 0 atom stereocenters. The first kappa shape index (κ1) is 19.5. The number of hydrogen-bond donors (Lipinski definition) is 0. The van der Waals surface area contributed by atoms with E-state index in [1.807, 2.05) is 20.8 Å². The highest BCUT2D eigenvalue weighted by molar-refractivity contribution is 5.68. The molecule has 2 heterocycles. The van der Waals surface area contributed by atoms with E-state index in [0.29, 0.717) is 13.1 Å². The molecular weight excluding hydrogens is 316 g/mol. The number of aromatic nitrogens is 2. The largest absolute Gasteiger partial charge is 0.444 e. The molecule has 0 spiro atoms. The van der Waals surface area contributed by atoms with Crippen molar-refractivity contribution in [2.75, 3.05) is 31.1 Å². The van der Waals surface area contributed by atoms with Crippen LogP contribution in [0.1, 0.15) is 60.1 Å². The Morgan fingerprint density at radius 2 is 1.84 bits per heavy atom. The highest BCUT2D eigenvalue weighted by Gasteiger charge is 2.26. The van der Waals surface area contributed by atoms with Gasteiger partial charge in [0.15, 0.2) is 0 Å². The maximum atomic E-state index is 12.3. The van der Waals surface area contributed by atoms with Crippen LogP contribution in [0.5, 0.6) is 0 Å². The Bertz CT molecular complexity index is 595. The van der Waals surface area contributed by atoms with Gasteiger partial charge in [0.1, 0.15) is 17.7 Å². The molecule has 1 amide bonds. The Hall–Kier alpha value is -1.85. The normalized spacial score (nSPS) is 16.6. The van der Waals surface area contributed by atoms with Gasteiger partial charge in [0.2, 0.25) is 0 Å². The van der Waals surface area contributed by atoms with Crippen LogP contribution < -0.4 is 4.90 Å². The lowest BCUT2D eigenvalue weighted by molar-refractivity contribution is 0.0263. The molecule has 0 unspecified atom stereocenters.